The molecule has 5 heteroatoms. The third-order valence-corrected chi connectivity index (χ3v) is 6.54. The first-order chi connectivity index (χ1) is 16.1. The van der Waals surface area contributed by atoms with E-state index in [1.54, 1.807) is 12.1 Å². The molecule has 0 aliphatic carbocycles. The maximum Gasteiger partial charge on any atom is 0.258 e. The zero-order chi connectivity index (χ0) is 22.9. The van der Waals surface area contributed by atoms with Gasteiger partial charge < -0.3 is 19.6 Å². The molecule has 1 unspecified atom stereocenters. The summed E-state index contributed by atoms with van der Waals surface area (Å²) in [5.41, 5.74) is 6.11. The third kappa shape index (κ3) is 3.74. The number of methoxy groups -OCH3 is 1. The van der Waals surface area contributed by atoms with Crippen molar-refractivity contribution in [3.63, 3.8) is 0 Å². The predicted molar refractivity (Wildman–Crippen MR) is 132 cm³/mol. The molecule has 3 aromatic rings. The molecule has 5 rings (SSSR count). The molecule has 5 nitrogen and oxygen atoms in total. The first-order valence-electron chi connectivity index (χ1n) is 11.5. The summed E-state index contributed by atoms with van der Waals surface area (Å²) < 4.78 is 5.13. The van der Waals surface area contributed by atoms with Gasteiger partial charge in [-0.05, 0) is 68.2 Å². The van der Waals surface area contributed by atoms with Crippen molar-refractivity contribution in [2.75, 3.05) is 23.5 Å². The second-order valence-corrected chi connectivity index (χ2v) is 8.61. The Morgan fingerprint density at radius 3 is 2.55 bits per heavy atom. The maximum absolute atomic E-state index is 13.6. The summed E-state index contributed by atoms with van der Waals surface area (Å²) in [6.07, 6.45) is 5.56. The predicted octanol–water partition coefficient (Wildman–Crippen LogP) is 5.63. The number of hydrogen-bond donors (Lipinski definition) is 1. The number of anilines is 2. The number of phenolic OH excluding ortho intramolecular Hbond substituents is 1. The minimum absolute atomic E-state index is 0.0429. The topological polar surface area (TPSA) is 53.0 Å². The molecule has 0 saturated carbocycles. The van der Waals surface area contributed by atoms with Crippen LogP contribution in [0.2, 0.25) is 0 Å². The number of aryl methyl sites for hydroxylation is 1. The summed E-state index contributed by atoms with van der Waals surface area (Å²) in [5.74, 6) is 0.152. The summed E-state index contributed by atoms with van der Waals surface area (Å²) in [5, 5.41) is 10.2. The van der Waals surface area contributed by atoms with Gasteiger partial charge >= 0.3 is 0 Å². The summed E-state index contributed by atoms with van der Waals surface area (Å²) in [6.45, 7) is 2.99. The Labute approximate surface area is 194 Å². The van der Waals surface area contributed by atoms with Crippen LogP contribution in [0.5, 0.6) is 11.5 Å². The van der Waals surface area contributed by atoms with Gasteiger partial charge in [0.25, 0.3) is 5.91 Å². The Hall–Kier alpha value is -3.73. The first kappa shape index (κ1) is 21.1. The lowest BCUT2D eigenvalue weighted by molar-refractivity contribution is 0.0982. The molecule has 0 bridgehead atoms. The lowest BCUT2D eigenvalue weighted by Crippen LogP contribution is -2.42. The molecular weight excluding hydrogens is 412 g/mol. The second kappa shape index (κ2) is 8.66. The summed E-state index contributed by atoms with van der Waals surface area (Å²) in [7, 11) is 1.49. The molecule has 33 heavy (non-hydrogen) atoms. The molecule has 168 valence electrons. The highest BCUT2D eigenvalue weighted by atomic mass is 16.5. The number of ether oxygens (including phenoxy) is 1. The number of fused-ring (bicyclic) bond motifs is 2. The summed E-state index contributed by atoms with van der Waals surface area (Å²) >= 11 is 0. The van der Waals surface area contributed by atoms with Crippen LogP contribution in [0.4, 0.5) is 11.4 Å². The summed E-state index contributed by atoms with van der Waals surface area (Å²) in [4.78, 5) is 17.8. The molecule has 2 aliphatic heterocycles. The molecule has 2 heterocycles. The van der Waals surface area contributed by atoms with Gasteiger partial charge in [0.05, 0.1) is 18.8 Å². The molecule has 1 atom stereocenters. The quantitative estimate of drug-likeness (QED) is 0.573. The van der Waals surface area contributed by atoms with Gasteiger partial charge in [-0.25, -0.2) is 0 Å². The number of carbonyl (C=O) groups is 1. The Morgan fingerprint density at radius 1 is 1.00 bits per heavy atom. The van der Waals surface area contributed by atoms with Gasteiger partial charge in [-0.1, -0.05) is 36.4 Å². The van der Waals surface area contributed by atoms with Gasteiger partial charge in [0.2, 0.25) is 0 Å². The fourth-order valence-corrected chi connectivity index (χ4v) is 4.95. The van der Waals surface area contributed by atoms with Crippen LogP contribution in [0, 0.1) is 0 Å². The molecule has 0 fully saturated rings. The van der Waals surface area contributed by atoms with E-state index in [-0.39, 0.29) is 17.7 Å². The molecule has 1 N–H and O–H groups in total. The van der Waals surface area contributed by atoms with Crippen LogP contribution in [-0.4, -0.2) is 30.7 Å². The van der Waals surface area contributed by atoms with Crippen molar-refractivity contribution in [3.8, 4) is 11.5 Å². The van der Waals surface area contributed by atoms with Crippen molar-refractivity contribution in [3.05, 3.63) is 89.5 Å². The summed E-state index contributed by atoms with van der Waals surface area (Å²) in [6, 6.07) is 21.4. The van der Waals surface area contributed by atoms with E-state index >= 15 is 0 Å². The third-order valence-electron chi connectivity index (χ3n) is 6.54. The van der Waals surface area contributed by atoms with Gasteiger partial charge in [0.15, 0.2) is 11.5 Å². The highest BCUT2D eigenvalue weighted by molar-refractivity contribution is 6.10. The number of phenols is 1. The lowest BCUT2D eigenvalue weighted by atomic mass is 9.97. The smallest absolute Gasteiger partial charge is 0.258 e. The van der Waals surface area contributed by atoms with Crippen LogP contribution < -0.4 is 14.5 Å². The SMILES string of the molecule is COc1ccc(C(=O)N2c3ccccc3C(N3CCCCc4ccccc43)=CC2C)cc1O. The number of hydrogen-bond acceptors (Lipinski definition) is 4. The molecule has 3 aromatic carbocycles. The van der Waals surface area contributed by atoms with E-state index in [2.05, 4.69) is 41.3 Å². The van der Waals surface area contributed by atoms with Crippen LogP contribution >= 0.6 is 0 Å². The molecule has 0 aromatic heterocycles. The molecule has 2 aliphatic rings. The van der Waals surface area contributed by atoms with Crippen LogP contribution in [0.3, 0.4) is 0 Å². The van der Waals surface area contributed by atoms with Crippen molar-refractivity contribution in [2.24, 2.45) is 0 Å². The van der Waals surface area contributed by atoms with E-state index in [1.807, 2.05) is 30.0 Å². The number of para-hydroxylation sites is 2. The Kier molecular flexibility index (Phi) is 5.55. The first-order valence-corrected chi connectivity index (χ1v) is 11.5. The number of carbonyl (C=O) groups excluding carboxylic acids is 1. The average molecular weight is 441 g/mol. The minimum atomic E-state index is -0.153. The van der Waals surface area contributed by atoms with Crippen LogP contribution in [-0.2, 0) is 6.42 Å². The number of nitrogens with zero attached hydrogens (tertiary/aromatic N) is 2. The van der Waals surface area contributed by atoms with E-state index < -0.39 is 0 Å². The maximum atomic E-state index is 13.6. The average Bonchev–Trinajstić information content (AvgIpc) is 3.06. The van der Waals surface area contributed by atoms with Crippen molar-refractivity contribution >= 4 is 23.0 Å². The second-order valence-electron chi connectivity index (χ2n) is 8.61. The van der Waals surface area contributed by atoms with Crippen molar-refractivity contribution in [1.29, 1.82) is 0 Å². The van der Waals surface area contributed by atoms with Crippen LogP contribution in [0.25, 0.3) is 5.70 Å². The zero-order valence-corrected chi connectivity index (χ0v) is 19.0. The van der Waals surface area contributed by atoms with Gasteiger partial charge in [-0.2, -0.15) is 0 Å². The zero-order valence-electron chi connectivity index (χ0n) is 19.0. The highest BCUT2D eigenvalue weighted by Gasteiger charge is 2.32. The monoisotopic (exact) mass is 440 g/mol. The molecule has 1 amide bonds. The van der Waals surface area contributed by atoms with Crippen molar-refractivity contribution < 1.29 is 14.6 Å². The van der Waals surface area contributed by atoms with E-state index in [4.69, 9.17) is 4.74 Å². The van der Waals surface area contributed by atoms with Gasteiger partial charge in [0, 0.05) is 29.1 Å². The Morgan fingerprint density at radius 2 is 1.76 bits per heavy atom. The largest absolute Gasteiger partial charge is 0.504 e. The molecule has 0 radical (unpaired) electrons. The molecule has 0 saturated heterocycles. The van der Waals surface area contributed by atoms with E-state index in [9.17, 15) is 9.90 Å². The van der Waals surface area contributed by atoms with Crippen LogP contribution in [0.15, 0.2) is 72.8 Å². The van der Waals surface area contributed by atoms with Gasteiger partial charge in [-0.3, -0.25) is 4.79 Å². The standard InChI is InChI=1S/C28H28N2O3/c1-19-17-25(29-16-8-7-10-20-9-3-5-12-23(20)29)22-11-4-6-13-24(22)30(19)28(32)21-14-15-27(33-2)26(31)18-21/h3-6,9,11-15,17-19,31H,7-8,10,16H2,1-2H3. The van der Waals surface area contributed by atoms with Crippen molar-refractivity contribution in [1.82, 2.24) is 0 Å². The number of aromatic hydroxyl groups is 1. The van der Waals surface area contributed by atoms with E-state index in [0.717, 1.165) is 36.3 Å². The van der Waals surface area contributed by atoms with Gasteiger partial charge in [-0.15, -0.1) is 0 Å². The van der Waals surface area contributed by atoms with E-state index in [1.165, 1.54) is 30.8 Å². The molecule has 0 spiro atoms. The number of amides is 1. The molecular formula is C28H28N2O3. The number of benzene rings is 3. The fourth-order valence-electron chi connectivity index (χ4n) is 4.95. The minimum Gasteiger partial charge on any atom is -0.504 e. The van der Waals surface area contributed by atoms with Gasteiger partial charge in [0.1, 0.15) is 0 Å². The van der Waals surface area contributed by atoms with Crippen LogP contribution in [0.1, 0.15) is 41.3 Å². The normalized spacial score (nSPS) is 17.5. The van der Waals surface area contributed by atoms with E-state index in [0.29, 0.717) is 11.3 Å². The Balaban J connectivity index is 1.57. The highest BCUT2D eigenvalue weighted by Crippen LogP contribution is 2.41. The lowest BCUT2D eigenvalue weighted by Gasteiger charge is -2.38. The van der Waals surface area contributed by atoms with Crippen molar-refractivity contribution in [2.45, 2.75) is 32.2 Å². The number of rotatable bonds is 3. The Bertz CT molecular complexity index is 1230. The fraction of sp³-hybridized carbons (Fsp3) is 0.250.